The Balaban J connectivity index is 1.24. The molecule has 0 bridgehead atoms. The van der Waals surface area contributed by atoms with Gasteiger partial charge >= 0.3 is 0 Å². The van der Waals surface area contributed by atoms with Gasteiger partial charge in [0.2, 0.25) is 0 Å². The third kappa shape index (κ3) is 8.30. The second kappa shape index (κ2) is 18.0. The van der Waals surface area contributed by atoms with Gasteiger partial charge in [0.15, 0.2) is 11.5 Å². The molecule has 6 heteroatoms. The van der Waals surface area contributed by atoms with Crippen molar-refractivity contribution in [3.63, 3.8) is 0 Å². The summed E-state index contributed by atoms with van der Waals surface area (Å²) in [6.07, 6.45) is 17.6. The Bertz CT molecular complexity index is 1960. The zero-order chi connectivity index (χ0) is 36.5. The zero-order valence-electron chi connectivity index (χ0n) is 31.0. The van der Waals surface area contributed by atoms with Crippen LogP contribution in [0, 0.1) is 0 Å². The van der Waals surface area contributed by atoms with Crippen molar-refractivity contribution >= 4 is 52.4 Å². The van der Waals surface area contributed by atoms with Crippen LogP contribution >= 0.6 is 34.4 Å². The minimum atomic E-state index is -0.809. The first kappa shape index (κ1) is 37.5. The molecule has 5 aromatic rings. The Morgan fingerprint density at radius 1 is 0.755 bits per heavy atom. The lowest BCUT2D eigenvalue weighted by molar-refractivity contribution is -0.109. The van der Waals surface area contributed by atoms with Crippen LogP contribution < -0.4 is 9.47 Å². The van der Waals surface area contributed by atoms with Crippen molar-refractivity contribution in [2.24, 2.45) is 0 Å². The number of thioether (sulfide) groups is 1. The molecule has 2 unspecified atom stereocenters. The van der Waals surface area contributed by atoms with Crippen molar-refractivity contribution in [3.8, 4) is 21.9 Å². The van der Waals surface area contributed by atoms with Gasteiger partial charge in [0, 0.05) is 4.88 Å². The first-order chi connectivity index (χ1) is 26.1. The molecular formula is C47H50O3S3. The van der Waals surface area contributed by atoms with Crippen LogP contribution in [0.2, 0.25) is 0 Å². The van der Waals surface area contributed by atoms with E-state index in [1.165, 1.54) is 83.9 Å². The molecule has 0 amide bonds. The second-order valence-corrected chi connectivity index (χ2v) is 17.4. The molecule has 0 radical (unpaired) electrons. The second-order valence-electron chi connectivity index (χ2n) is 14.0. The summed E-state index contributed by atoms with van der Waals surface area (Å²) in [5.74, 6) is 1.53. The van der Waals surface area contributed by atoms with E-state index in [4.69, 9.17) is 9.47 Å². The van der Waals surface area contributed by atoms with E-state index in [2.05, 4.69) is 122 Å². The van der Waals surface area contributed by atoms with E-state index in [-0.39, 0.29) is 5.25 Å². The fraction of sp³-hybridized carbons (Fsp3) is 0.340. The molecule has 274 valence electrons. The molecule has 53 heavy (non-hydrogen) atoms. The summed E-state index contributed by atoms with van der Waals surface area (Å²) in [5.41, 5.74) is 8.41. The van der Waals surface area contributed by atoms with Gasteiger partial charge in [-0.3, -0.25) is 0 Å². The van der Waals surface area contributed by atoms with E-state index in [9.17, 15) is 4.79 Å². The molecule has 0 spiro atoms. The summed E-state index contributed by atoms with van der Waals surface area (Å²) in [4.78, 5) is 17.1. The topological polar surface area (TPSA) is 35.5 Å². The van der Waals surface area contributed by atoms with Crippen molar-refractivity contribution < 1.29 is 14.3 Å². The molecule has 2 atom stereocenters. The predicted octanol–water partition coefficient (Wildman–Crippen LogP) is 13.7. The van der Waals surface area contributed by atoms with Gasteiger partial charge in [-0.15, -0.1) is 34.4 Å². The van der Waals surface area contributed by atoms with Gasteiger partial charge in [0.1, 0.15) is 24.2 Å². The summed E-state index contributed by atoms with van der Waals surface area (Å²) in [6, 6.07) is 32.2. The van der Waals surface area contributed by atoms with Crippen LogP contribution in [0.15, 0.2) is 108 Å². The van der Waals surface area contributed by atoms with Gasteiger partial charge in [0.25, 0.3) is 0 Å². The van der Waals surface area contributed by atoms with Crippen LogP contribution in [0.25, 0.3) is 22.1 Å². The normalized spacial score (nSPS) is 17.8. The van der Waals surface area contributed by atoms with E-state index in [0.29, 0.717) is 13.2 Å². The van der Waals surface area contributed by atoms with E-state index in [1.54, 1.807) is 23.1 Å². The van der Waals surface area contributed by atoms with Crippen molar-refractivity contribution in [3.05, 3.63) is 140 Å². The van der Waals surface area contributed by atoms with Crippen LogP contribution in [0.5, 0.6) is 11.5 Å². The third-order valence-electron chi connectivity index (χ3n) is 10.3. The molecule has 0 aliphatic carbocycles. The van der Waals surface area contributed by atoms with Gasteiger partial charge in [0.05, 0.1) is 15.0 Å². The minimum absolute atomic E-state index is 0.141. The molecule has 4 heterocycles. The molecule has 0 saturated carbocycles. The number of hydrogen-bond donors (Lipinski definition) is 0. The third-order valence-corrected chi connectivity index (χ3v) is 14.6. The molecule has 7 rings (SSSR count). The molecule has 2 aromatic heterocycles. The van der Waals surface area contributed by atoms with Gasteiger partial charge in [-0.05, 0) is 82.2 Å². The first-order valence-corrected chi connectivity index (χ1v) is 22.0. The van der Waals surface area contributed by atoms with Crippen LogP contribution in [0.1, 0.15) is 109 Å². The molecular weight excluding hydrogens is 709 g/mol. The highest BCUT2D eigenvalue weighted by Gasteiger charge is 2.49. The average molecular weight is 759 g/mol. The monoisotopic (exact) mass is 758 g/mol. The van der Waals surface area contributed by atoms with Crippen LogP contribution in [-0.2, 0) is 16.0 Å². The summed E-state index contributed by atoms with van der Waals surface area (Å²) in [5, 5.41) is 2.38. The minimum Gasteiger partial charge on any atom is -0.485 e. The average Bonchev–Trinajstić information content (AvgIpc) is 3.94. The smallest absolute Gasteiger partial charge is 0.180 e. The quantitative estimate of drug-likeness (QED) is 0.0409. The Labute approximate surface area is 328 Å². The highest BCUT2D eigenvalue weighted by atomic mass is 32.2. The van der Waals surface area contributed by atoms with E-state index in [0.717, 1.165) is 51.6 Å². The number of fused-ring (bicyclic) bond motifs is 1. The Kier molecular flexibility index (Phi) is 12.7. The molecule has 2 aliphatic heterocycles. The number of benzene rings is 3. The number of thiophene rings is 2. The largest absolute Gasteiger partial charge is 0.485 e. The number of aryl methyl sites for hydroxylation is 1. The zero-order valence-corrected chi connectivity index (χ0v) is 33.4. The lowest BCUT2D eigenvalue weighted by Gasteiger charge is -2.28. The molecule has 0 N–H and O–H groups in total. The summed E-state index contributed by atoms with van der Waals surface area (Å²) < 4.78 is 12.1. The van der Waals surface area contributed by atoms with Gasteiger partial charge in [-0.25, -0.2) is 0 Å². The highest BCUT2D eigenvalue weighted by molar-refractivity contribution is 8.02. The van der Waals surface area contributed by atoms with Crippen LogP contribution in [0.4, 0.5) is 0 Å². The maximum Gasteiger partial charge on any atom is 0.180 e. The van der Waals surface area contributed by atoms with Crippen molar-refractivity contribution in [1.29, 1.82) is 0 Å². The summed E-state index contributed by atoms with van der Waals surface area (Å²) in [7, 11) is 0. The Hall–Kier alpha value is -3.84. The molecule has 2 aliphatic rings. The maximum atomic E-state index is 13.7. The van der Waals surface area contributed by atoms with Crippen molar-refractivity contribution in [2.75, 3.05) is 13.2 Å². The number of carbonyl (C=O) groups excluding carboxylic acids is 1. The first-order valence-electron chi connectivity index (χ1n) is 19.4. The standard InChI is InChI=1S/C47H50O3S3/c1-3-5-7-11-21-37-27-30-51-44(37)41-32-39(22-16-8-6-4-2)47(33-48,53-41)46-43-42(49-28-29-50-43)45(52-46)38-25-23-34(24-26-38)31-40(35-17-12-9-13-18-35)36-19-14-10-15-20-36/h9-10,12-15,17-20,23-27,30-33,41H,3-8,11,16,21-22,28-29H2,1-2H3. The predicted molar refractivity (Wildman–Crippen MR) is 228 cm³/mol. The molecule has 0 fully saturated rings. The number of ether oxygens (including phenoxy) is 2. The van der Waals surface area contributed by atoms with Crippen LogP contribution in [-0.4, -0.2) is 19.5 Å². The lowest BCUT2D eigenvalue weighted by atomic mass is 9.91. The van der Waals surface area contributed by atoms with E-state index < -0.39 is 4.75 Å². The number of carbonyl (C=O) groups is 1. The van der Waals surface area contributed by atoms with Crippen LogP contribution in [0.3, 0.4) is 0 Å². The SMILES string of the molecule is CCCCCCC1=CC(c2sccc2CCCCCC)SC1(C=O)c1sc(-c2ccc(C=C(c3ccccc3)c3ccccc3)cc2)c2c1OCCO2. The van der Waals surface area contributed by atoms with Gasteiger partial charge in [-0.1, -0.05) is 143 Å². The van der Waals surface area contributed by atoms with E-state index >= 15 is 0 Å². The van der Waals surface area contributed by atoms with Gasteiger partial charge < -0.3 is 14.3 Å². The van der Waals surface area contributed by atoms with Crippen molar-refractivity contribution in [1.82, 2.24) is 0 Å². The Morgan fingerprint density at radius 2 is 1.40 bits per heavy atom. The number of hydrogen-bond acceptors (Lipinski definition) is 6. The molecule has 0 saturated heterocycles. The highest BCUT2D eigenvalue weighted by Crippen LogP contribution is 2.64. The Morgan fingerprint density at radius 3 is 2.04 bits per heavy atom. The molecule has 3 nitrogen and oxygen atoms in total. The number of rotatable bonds is 17. The fourth-order valence-corrected chi connectivity index (χ4v) is 11.7. The lowest BCUT2D eigenvalue weighted by Crippen LogP contribution is -2.25. The van der Waals surface area contributed by atoms with Crippen molar-refractivity contribution in [2.45, 2.75) is 88.1 Å². The molecule has 3 aromatic carbocycles. The van der Waals surface area contributed by atoms with Gasteiger partial charge in [-0.2, -0.15) is 0 Å². The fourth-order valence-electron chi connectivity index (χ4n) is 7.51. The number of unbranched alkanes of at least 4 members (excludes halogenated alkanes) is 6. The van der Waals surface area contributed by atoms with E-state index in [1.807, 2.05) is 11.3 Å². The number of aldehydes is 1. The summed E-state index contributed by atoms with van der Waals surface area (Å²) >= 11 is 5.33. The maximum absolute atomic E-state index is 13.7. The summed E-state index contributed by atoms with van der Waals surface area (Å²) in [6.45, 7) is 5.49.